The monoisotopic (exact) mass is 368 g/mol. The van der Waals surface area contributed by atoms with Gasteiger partial charge in [-0.25, -0.2) is 0 Å². The minimum absolute atomic E-state index is 0.152. The molecule has 1 aliphatic heterocycles. The molecule has 27 heavy (non-hydrogen) atoms. The van der Waals surface area contributed by atoms with Crippen LogP contribution in [0.1, 0.15) is 35.3 Å². The molecule has 0 spiro atoms. The van der Waals surface area contributed by atoms with Gasteiger partial charge in [0.25, 0.3) is 0 Å². The fourth-order valence-electron chi connectivity index (χ4n) is 3.12. The molecule has 0 amide bonds. The number of hydrogen-bond acceptors (Lipinski definition) is 5. The highest BCUT2D eigenvalue weighted by molar-refractivity contribution is 6.08. The van der Waals surface area contributed by atoms with E-state index in [1.165, 1.54) is 13.2 Å². The maximum absolute atomic E-state index is 12.7. The Kier molecular flexibility index (Phi) is 5.69. The summed E-state index contributed by atoms with van der Waals surface area (Å²) in [6, 6.07) is 9.05. The lowest BCUT2D eigenvalue weighted by molar-refractivity contribution is 0.104. The summed E-state index contributed by atoms with van der Waals surface area (Å²) in [6.45, 7) is 4.53. The van der Waals surface area contributed by atoms with Gasteiger partial charge in [0.2, 0.25) is 0 Å². The molecule has 0 aliphatic carbocycles. The standard InChI is InChI=1S/C22H24O5/c1-5-26-20-12-16-10-14(2)27-21(16)11-15(20)6-9-19(23)18-8-7-17(24-3)13-22(18)25-4/h6-9,11-14H,5,10H2,1-4H3/b9-6+/t14-/m1/s1. The van der Waals surface area contributed by atoms with Crippen molar-refractivity contribution in [2.45, 2.75) is 26.4 Å². The summed E-state index contributed by atoms with van der Waals surface area (Å²) in [4.78, 5) is 12.7. The van der Waals surface area contributed by atoms with E-state index in [1.54, 1.807) is 31.4 Å². The van der Waals surface area contributed by atoms with Crippen LogP contribution in [0, 0.1) is 0 Å². The zero-order valence-electron chi connectivity index (χ0n) is 16.1. The Morgan fingerprint density at radius 1 is 1.19 bits per heavy atom. The number of rotatable bonds is 7. The summed E-state index contributed by atoms with van der Waals surface area (Å²) < 4.78 is 22.1. The number of hydrogen-bond donors (Lipinski definition) is 0. The molecule has 2 aromatic rings. The van der Waals surface area contributed by atoms with Crippen molar-refractivity contribution in [2.75, 3.05) is 20.8 Å². The van der Waals surface area contributed by atoms with Crippen molar-refractivity contribution >= 4 is 11.9 Å². The molecule has 0 unspecified atom stereocenters. The summed E-state index contributed by atoms with van der Waals surface area (Å²) in [5.41, 5.74) is 2.41. The van der Waals surface area contributed by atoms with Crippen LogP contribution in [0.25, 0.3) is 6.08 Å². The Bertz CT molecular complexity index is 869. The zero-order chi connectivity index (χ0) is 19.4. The topological polar surface area (TPSA) is 54.0 Å². The summed E-state index contributed by atoms with van der Waals surface area (Å²) in [7, 11) is 3.10. The van der Waals surface area contributed by atoms with E-state index in [4.69, 9.17) is 18.9 Å². The van der Waals surface area contributed by atoms with Crippen molar-refractivity contribution in [1.29, 1.82) is 0 Å². The van der Waals surface area contributed by atoms with Crippen LogP contribution in [-0.4, -0.2) is 32.7 Å². The summed E-state index contributed by atoms with van der Waals surface area (Å²) >= 11 is 0. The molecule has 5 heteroatoms. The maximum Gasteiger partial charge on any atom is 0.189 e. The van der Waals surface area contributed by atoms with E-state index in [9.17, 15) is 4.79 Å². The largest absolute Gasteiger partial charge is 0.497 e. The second kappa shape index (κ2) is 8.16. The molecule has 0 saturated heterocycles. The van der Waals surface area contributed by atoms with Crippen LogP contribution >= 0.6 is 0 Å². The van der Waals surface area contributed by atoms with Gasteiger partial charge in [-0.1, -0.05) is 0 Å². The lowest BCUT2D eigenvalue weighted by Crippen LogP contribution is -2.05. The van der Waals surface area contributed by atoms with Gasteiger partial charge in [-0.15, -0.1) is 0 Å². The van der Waals surface area contributed by atoms with Gasteiger partial charge < -0.3 is 18.9 Å². The summed E-state index contributed by atoms with van der Waals surface area (Å²) in [6.07, 6.45) is 4.29. The zero-order valence-corrected chi connectivity index (χ0v) is 16.1. The second-order valence-corrected chi connectivity index (χ2v) is 6.33. The smallest absolute Gasteiger partial charge is 0.189 e. The van der Waals surface area contributed by atoms with Crippen LogP contribution in [0.4, 0.5) is 0 Å². The number of carbonyl (C=O) groups is 1. The lowest BCUT2D eigenvalue weighted by Gasteiger charge is -2.10. The first kappa shape index (κ1) is 18.8. The molecular weight excluding hydrogens is 344 g/mol. The van der Waals surface area contributed by atoms with E-state index >= 15 is 0 Å². The molecule has 0 saturated carbocycles. The van der Waals surface area contributed by atoms with E-state index in [1.807, 2.05) is 26.0 Å². The third-order valence-electron chi connectivity index (χ3n) is 4.42. The second-order valence-electron chi connectivity index (χ2n) is 6.33. The van der Waals surface area contributed by atoms with Gasteiger partial charge in [-0.3, -0.25) is 4.79 Å². The number of allylic oxidation sites excluding steroid dienone is 1. The molecule has 142 valence electrons. The molecule has 3 rings (SSSR count). The average molecular weight is 368 g/mol. The number of carbonyl (C=O) groups excluding carboxylic acids is 1. The molecule has 2 aromatic carbocycles. The normalized spacial score (nSPS) is 15.3. The molecule has 1 atom stereocenters. The van der Waals surface area contributed by atoms with E-state index in [2.05, 4.69) is 0 Å². The Morgan fingerprint density at radius 2 is 2.00 bits per heavy atom. The Labute approximate surface area is 159 Å². The van der Waals surface area contributed by atoms with E-state index in [0.29, 0.717) is 23.7 Å². The molecule has 0 aromatic heterocycles. The number of methoxy groups -OCH3 is 2. The quantitative estimate of drug-likeness (QED) is 0.538. The van der Waals surface area contributed by atoms with Crippen molar-refractivity contribution in [2.24, 2.45) is 0 Å². The molecule has 0 bridgehead atoms. The minimum atomic E-state index is -0.160. The predicted octanol–water partition coefficient (Wildman–Crippen LogP) is 4.32. The SMILES string of the molecule is CCOc1cc2c(cc1/C=C/C(=O)c1ccc(OC)cc1OC)O[C@H](C)C2. The number of ketones is 1. The molecular formula is C22H24O5. The first-order valence-electron chi connectivity index (χ1n) is 8.96. The van der Waals surface area contributed by atoms with Crippen molar-refractivity contribution in [3.8, 4) is 23.0 Å². The van der Waals surface area contributed by atoms with Crippen molar-refractivity contribution in [3.05, 3.63) is 53.1 Å². The van der Waals surface area contributed by atoms with Crippen LogP contribution in [0.15, 0.2) is 36.4 Å². The minimum Gasteiger partial charge on any atom is -0.497 e. The first-order valence-corrected chi connectivity index (χ1v) is 8.96. The van der Waals surface area contributed by atoms with Crippen LogP contribution in [0.5, 0.6) is 23.0 Å². The van der Waals surface area contributed by atoms with Gasteiger partial charge in [0.15, 0.2) is 5.78 Å². The van der Waals surface area contributed by atoms with Crippen LogP contribution in [0.2, 0.25) is 0 Å². The Hall–Kier alpha value is -2.95. The molecule has 1 heterocycles. The van der Waals surface area contributed by atoms with E-state index in [0.717, 1.165) is 29.0 Å². The third-order valence-corrected chi connectivity index (χ3v) is 4.42. The Morgan fingerprint density at radius 3 is 2.70 bits per heavy atom. The maximum atomic E-state index is 12.7. The highest BCUT2D eigenvalue weighted by Gasteiger charge is 2.21. The van der Waals surface area contributed by atoms with Crippen LogP contribution < -0.4 is 18.9 Å². The van der Waals surface area contributed by atoms with Crippen molar-refractivity contribution in [3.63, 3.8) is 0 Å². The van der Waals surface area contributed by atoms with Crippen LogP contribution in [-0.2, 0) is 6.42 Å². The van der Waals surface area contributed by atoms with Crippen LogP contribution in [0.3, 0.4) is 0 Å². The summed E-state index contributed by atoms with van der Waals surface area (Å²) in [5, 5.41) is 0. The van der Waals surface area contributed by atoms with Gasteiger partial charge in [0, 0.05) is 23.6 Å². The van der Waals surface area contributed by atoms with E-state index in [-0.39, 0.29) is 11.9 Å². The summed E-state index contributed by atoms with van der Waals surface area (Å²) in [5.74, 6) is 2.54. The van der Waals surface area contributed by atoms with Gasteiger partial charge in [0.1, 0.15) is 29.1 Å². The third kappa shape index (κ3) is 4.08. The highest BCUT2D eigenvalue weighted by Crippen LogP contribution is 2.36. The fourth-order valence-corrected chi connectivity index (χ4v) is 3.12. The molecule has 0 N–H and O–H groups in total. The predicted molar refractivity (Wildman–Crippen MR) is 104 cm³/mol. The average Bonchev–Trinajstić information content (AvgIpc) is 3.04. The Balaban J connectivity index is 1.89. The van der Waals surface area contributed by atoms with Gasteiger partial charge in [-0.2, -0.15) is 0 Å². The van der Waals surface area contributed by atoms with Crippen molar-refractivity contribution < 1.29 is 23.7 Å². The van der Waals surface area contributed by atoms with Crippen molar-refractivity contribution in [1.82, 2.24) is 0 Å². The molecule has 0 radical (unpaired) electrons. The number of fused-ring (bicyclic) bond motifs is 1. The van der Waals surface area contributed by atoms with Gasteiger partial charge in [0.05, 0.1) is 26.4 Å². The molecule has 1 aliphatic rings. The number of benzene rings is 2. The van der Waals surface area contributed by atoms with Gasteiger partial charge in [-0.05, 0) is 50.3 Å². The lowest BCUT2D eigenvalue weighted by atomic mass is 10.0. The first-order chi connectivity index (χ1) is 13.0. The number of ether oxygens (including phenoxy) is 4. The van der Waals surface area contributed by atoms with E-state index < -0.39 is 0 Å². The fraction of sp³-hybridized carbons (Fsp3) is 0.318. The molecule has 0 fully saturated rings. The molecule has 5 nitrogen and oxygen atoms in total. The highest BCUT2D eigenvalue weighted by atomic mass is 16.5. The van der Waals surface area contributed by atoms with Gasteiger partial charge >= 0.3 is 0 Å².